The van der Waals surface area contributed by atoms with Gasteiger partial charge in [-0.2, -0.15) is 0 Å². The minimum atomic E-state index is -4.33. The van der Waals surface area contributed by atoms with Crippen LogP contribution in [0.1, 0.15) is 251 Å². The number of carbonyl (C=O) groups excluding carboxylic acids is 1. The summed E-state index contributed by atoms with van der Waals surface area (Å²) < 4.78 is 23.6. The van der Waals surface area contributed by atoms with Crippen molar-refractivity contribution in [1.29, 1.82) is 0 Å². The molecule has 0 fully saturated rings. The van der Waals surface area contributed by atoms with Crippen molar-refractivity contribution in [3.63, 3.8) is 0 Å². The van der Waals surface area contributed by atoms with Crippen molar-refractivity contribution in [1.82, 2.24) is 5.32 Å². The third kappa shape index (κ3) is 45.1. The van der Waals surface area contributed by atoms with Crippen LogP contribution in [0.2, 0.25) is 0 Å². The maximum Gasteiger partial charge on any atom is 0.472 e. The van der Waals surface area contributed by atoms with Gasteiger partial charge in [-0.15, -0.1) is 0 Å². The molecule has 0 aliphatic rings. The number of hydrogen-bond acceptors (Lipinski definition) is 5. The molecule has 0 aliphatic heterocycles. The van der Waals surface area contributed by atoms with Gasteiger partial charge in [0.05, 0.1) is 39.9 Å². The Balaban J connectivity index is 4.11. The number of amides is 1. The Morgan fingerprint density at radius 2 is 0.898 bits per heavy atom. The average molecular weight is 858 g/mol. The highest BCUT2D eigenvalue weighted by Crippen LogP contribution is 2.43. The first kappa shape index (κ1) is 58.2. The zero-order valence-corrected chi connectivity index (χ0v) is 40.9. The number of hydrogen-bond donors (Lipinski definition) is 3. The quantitative estimate of drug-likeness (QED) is 0.0244. The smallest absolute Gasteiger partial charge is 0.387 e. The van der Waals surface area contributed by atoms with Gasteiger partial charge in [-0.05, 0) is 19.3 Å². The predicted octanol–water partition coefficient (Wildman–Crippen LogP) is 14.7. The van der Waals surface area contributed by atoms with Crippen LogP contribution >= 0.6 is 7.82 Å². The molecule has 0 saturated carbocycles. The van der Waals surface area contributed by atoms with Crippen LogP contribution in [-0.4, -0.2) is 73.4 Å². The molecule has 9 heteroatoms. The lowest BCUT2D eigenvalue weighted by molar-refractivity contribution is -0.870. The summed E-state index contributed by atoms with van der Waals surface area (Å²) in [6.07, 6.45) is 50.2. The molecule has 0 radical (unpaired) electrons. The lowest BCUT2D eigenvalue weighted by Gasteiger charge is -2.25. The van der Waals surface area contributed by atoms with Crippen LogP contribution in [0.25, 0.3) is 0 Å². The van der Waals surface area contributed by atoms with Crippen molar-refractivity contribution in [3.05, 3.63) is 12.2 Å². The first-order valence-electron chi connectivity index (χ1n) is 25.6. The van der Waals surface area contributed by atoms with Gasteiger partial charge in [0.25, 0.3) is 0 Å². The Kier molecular flexibility index (Phi) is 42.0. The Morgan fingerprint density at radius 3 is 1.25 bits per heavy atom. The van der Waals surface area contributed by atoms with Gasteiger partial charge in [0.15, 0.2) is 0 Å². The normalized spacial score (nSPS) is 14.2. The van der Waals surface area contributed by atoms with Crippen LogP contribution in [0.15, 0.2) is 12.2 Å². The summed E-state index contributed by atoms with van der Waals surface area (Å²) in [7, 11) is 1.58. The fraction of sp³-hybridized carbons (Fsp3) is 0.940. The molecule has 352 valence electrons. The molecular weight excluding hydrogens is 756 g/mol. The topological polar surface area (TPSA) is 105 Å². The summed E-state index contributed by atoms with van der Waals surface area (Å²) in [5.41, 5.74) is 0. The van der Waals surface area contributed by atoms with Crippen molar-refractivity contribution < 1.29 is 32.9 Å². The van der Waals surface area contributed by atoms with E-state index in [2.05, 4.69) is 19.2 Å². The minimum absolute atomic E-state index is 0.0646. The summed E-state index contributed by atoms with van der Waals surface area (Å²) in [4.78, 5) is 23.1. The lowest BCUT2D eigenvalue weighted by atomic mass is 10.0. The van der Waals surface area contributed by atoms with Gasteiger partial charge in [0, 0.05) is 6.42 Å². The standard InChI is InChI=1S/C50H101N2O6P/c1-6-8-10-12-14-16-18-19-20-21-22-23-24-25-26-27-28-29-30-31-32-33-34-35-37-39-41-43-49(53)48(47-58-59(55,56)57-46-45-52(3,4)5)51-50(54)44-42-40-38-36-17-15-13-11-9-7-2/h41,43,48-49,53H,6-40,42,44-47H2,1-5H3,(H-,51,54,55,56)/p+1/b43-41+. The Bertz CT molecular complexity index is 974. The number of carbonyl (C=O) groups is 1. The van der Waals surface area contributed by atoms with Crippen LogP contribution in [0, 0.1) is 0 Å². The highest BCUT2D eigenvalue weighted by atomic mass is 31.2. The van der Waals surface area contributed by atoms with E-state index in [1.165, 1.54) is 199 Å². The molecule has 3 N–H and O–H groups in total. The van der Waals surface area contributed by atoms with Crippen molar-refractivity contribution in [3.8, 4) is 0 Å². The Hall–Kier alpha value is -0.760. The Morgan fingerprint density at radius 1 is 0.559 bits per heavy atom. The third-order valence-corrected chi connectivity index (χ3v) is 12.7. The predicted molar refractivity (Wildman–Crippen MR) is 254 cm³/mol. The van der Waals surface area contributed by atoms with Gasteiger partial charge in [-0.3, -0.25) is 13.8 Å². The molecule has 0 bridgehead atoms. The summed E-state index contributed by atoms with van der Waals surface area (Å²) in [6, 6.07) is -0.839. The van der Waals surface area contributed by atoms with E-state index < -0.39 is 20.0 Å². The highest BCUT2D eigenvalue weighted by molar-refractivity contribution is 7.47. The number of aliphatic hydroxyl groups excluding tert-OH is 1. The molecule has 0 aromatic heterocycles. The number of nitrogens with zero attached hydrogens (tertiary/aromatic N) is 1. The highest BCUT2D eigenvalue weighted by Gasteiger charge is 2.27. The summed E-state index contributed by atoms with van der Waals surface area (Å²) in [6.45, 7) is 4.82. The van der Waals surface area contributed by atoms with Crippen molar-refractivity contribution in [2.45, 2.75) is 264 Å². The van der Waals surface area contributed by atoms with E-state index in [1.807, 2.05) is 27.2 Å². The minimum Gasteiger partial charge on any atom is -0.387 e. The number of phosphoric ester groups is 1. The number of nitrogens with one attached hydrogen (secondary N) is 1. The molecule has 59 heavy (non-hydrogen) atoms. The van der Waals surface area contributed by atoms with Crippen LogP contribution in [0.5, 0.6) is 0 Å². The van der Waals surface area contributed by atoms with Crippen LogP contribution in [-0.2, 0) is 18.4 Å². The molecule has 3 unspecified atom stereocenters. The molecular formula is C50H102N2O6P+. The van der Waals surface area contributed by atoms with Gasteiger partial charge in [-0.1, -0.05) is 238 Å². The van der Waals surface area contributed by atoms with Gasteiger partial charge in [0.1, 0.15) is 13.2 Å². The monoisotopic (exact) mass is 858 g/mol. The average Bonchev–Trinajstić information content (AvgIpc) is 3.19. The van der Waals surface area contributed by atoms with E-state index >= 15 is 0 Å². The number of phosphoric acid groups is 1. The molecule has 0 heterocycles. The summed E-state index contributed by atoms with van der Waals surface area (Å²) in [5.74, 6) is -0.176. The number of rotatable bonds is 47. The zero-order valence-electron chi connectivity index (χ0n) is 40.0. The van der Waals surface area contributed by atoms with Gasteiger partial charge in [0.2, 0.25) is 5.91 Å². The molecule has 8 nitrogen and oxygen atoms in total. The molecule has 0 saturated heterocycles. The Labute approximate surface area is 367 Å². The molecule has 3 atom stereocenters. The maximum atomic E-state index is 12.8. The summed E-state index contributed by atoms with van der Waals surface area (Å²) >= 11 is 0. The van der Waals surface area contributed by atoms with Crippen LogP contribution in [0.3, 0.4) is 0 Å². The molecule has 0 aliphatic carbocycles. The van der Waals surface area contributed by atoms with Gasteiger partial charge < -0.3 is 19.8 Å². The molecule has 1 amide bonds. The van der Waals surface area contributed by atoms with E-state index in [4.69, 9.17) is 9.05 Å². The van der Waals surface area contributed by atoms with E-state index in [0.29, 0.717) is 17.4 Å². The van der Waals surface area contributed by atoms with Crippen molar-refractivity contribution in [2.24, 2.45) is 0 Å². The number of likely N-dealkylation sites (N-methyl/N-ethyl adjacent to an activating group) is 1. The van der Waals surface area contributed by atoms with Crippen molar-refractivity contribution in [2.75, 3.05) is 40.9 Å². The second-order valence-corrected chi connectivity index (χ2v) is 20.4. The molecule has 0 aromatic rings. The SMILES string of the molecule is CCCCCCCCCCCCCCCCCCCCCCCCCCC/C=C/C(O)C(COP(=O)(O)OCC[N+](C)(C)C)NC(=O)CCCCCCCCCCCC. The fourth-order valence-corrected chi connectivity index (χ4v) is 8.43. The molecule has 0 spiro atoms. The van der Waals surface area contributed by atoms with E-state index in [0.717, 1.165) is 32.1 Å². The fourth-order valence-electron chi connectivity index (χ4n) is 7.69. The third-order valence-electron chi connectivity index (χ3n) is 11.8. The summed E-state index contributed by atoms with van der Waals surface area (Å²) in [5, 5.41) is 13.8. The zero-order chi connectivity index (χ0) is 43.6. The molecule has 0 aromatic carbocycles. The largest absolute Gasteiger partial charge is 0.472 e. The van der Waals surface area contributed by atoms with E-state index in [1.54, 1.807) is 6.08 Å². The number of quaternary nitrogens is 1. The van der Waals surface area contributed by atoms with Crippen LogP contribution in [0.4, 0.5) is 0 Å². The number of allylic oxidation sites excluding steroid dienone is 1. The lowest BCUT2D eigenvalue weighted by Crippen LogP contribution is -2.45. The van der Waals surface area contributed by atoms with E-state index in [-0.39, 0.29) is 19.1 Å². The second kappa shape index (κ2) is 42.5. The van der Waals surface area contributed by atoms with Gasteiger partial charge >= 0.3 is 7.82 Å². The van der Waals surface area contributed by atoms with Gasteiger partial charge in [-0.25, -0.2) is 4.57 Å². The first-order valence-corrected chi connectivity index (χ1v) is 27.1. The van der Waals surface area contributed by atoms with Crippen molar-refractivity contribution >= 4 is 13.7 Å². The number of aliphatic hydroxyl groups is 1. The van der Waals surface area contributed by atoms with E-state index in [9.17, 15) is 19.4 Å². The van der Waals surface area contributed by atoms with Crippen LogP contribution < -0.4 is 5.32 Å². The molecule has 0 rings (SSSR count). The number of unbranched alkanes of at least 4 members (excludes halogenated alkanes) is 34. The first-order chi connectivity index (χ1) is 28.5. The second-order valence-electron chi connectivity index (χ2n) is 18.9. The maximum absolute atomic E-state index is 12.8.